The first kappa shape index (κ1) is 14.2. The zero-order chi connectivity index (χ0) is 14.7. The number of carbonyl (C=O) groups is 2. The van der Waals surface area contributed by atoms with E-state index in [1.165, 1.54) is 4.90 Å². The normalized spacial score (nSPS) is 17.9. The molecule has 1 aromatic rings. The Morgan fingerprint density at radius 3 is 2.90 bits per heavy atom. The highest BCUT2D eigenvalue weighted by molar-refractivity contribution is 5.89. The van der Waals surface area contributed by atoms with E-state index < -0.39 is 0 Å². The number of hydrogen-bond acceptors (Lipinski definition) is 3. The number of nitrogens with one attached hydrogen (secondary N) is 1. The highest BCUT2D eigenvalue weighted by Gasteiger charge is 2.32. The summed E-state index contributed by atoms with van der Waals surface area (Å²) in [5, 5.41) is 2.71. The molecule has 2 rings (SSSR count). The average molecular weight is 277 g/mol. The number of urea groups is 1. The Morgan fingerprint density at radius 2 is 2.25 bits per heavy atom. The Bertz CT molecular complexity index is 516. The zero-order valence-electron chi connectivity index (χ0n) is 11.9. The molecule has 3 amide bonds. The number of amides is 3. The van der Waals surface area contributed by atoms with Crippen LogP contribution in [0.15, 0.2) is 24.3 Å². The van der Waals surface area contributed by atoms with Crippen molar-refractivity contribution in [3.63, 3.8) is 0 Å². The van der Waals surface area contributed by atoms with Gasteiger partial charge in [0, 0.05) is 19.8 Å². The van der Waals surface area contributed by atoms with Crippen molar-refractivity contribution in [2.45, 2.75) is 13.0 Å². The van der Waals surface area contributed by atoms with E-state index in [-0.39, 0.29) is 18.2 Å². The van der Waals surface area contributed by atoms with Crippen molar-refractivity contribution in [2.75, 3.05) is 32.1 Å². The van der Waals surface area contributed by atoms with Crippen molar-refractivity contribution in [3.8, 4) is 0 Å². The predicted molar refractivity (Wildman–Crippen MR) is 75.9 cm³/mol. The molecule has 0 saturated carbocycles. The third-order valence-electron chi connectivity index (χ3n) is 3.07. The molecule has 1 unspecified atom stereocenters. The molecule has 1 N–H and O–H groups in total. The molecular formula is C14H19N3O3. The Labute approximate surface area is 118 Å². The van der Waals surface area contributed by atoms with Crippen LogP contribution in [0.3, 0.4) is 0 Å². The van der Waals surface area contributed by atoms with E-state index in [1.807, 2.05) is 31.2 Å². The number of cyclic esters (lactones) is 1. The molecule has 1 atom stereocenters. The van der Waals surface area contributed by atoms with Crippen LogP contribution in [0.25, 0.3) is 0 Å². The van der Waals surface area contributed by atoms with E-state index in [4.69, 9.17) is 4.74 Å². The van der Waals surface area contributed by atoms with Gasteiger partial charge in [0.1, 0.15) is 6.10 Å². The van der Waals surface area contributed by atoms with Gasteiger partial charge in [0.2, 0.25) is 0 Å². The second-order valence-electron chi connectivity index (χ2n) is 5.04. The van der Waals surface area contributed by atoms with Crippen LogP contribution in [0.5, 0.6) is 0 Å². The lowest BCUT2D eigenvalue weighted by Crippen LogP contribution is -2.40. The van der Waals surface area contributed by atoms with E-state index in [2.05, 4.69) is 5.32 Å². The van der Waals surface area contributed by atoms with Crippen LogP contribution >= 0.6 is 0 Å². The Kier molecular flexibility index (Phi) is 4.12. The average Bonchev–Trinajstić information content (AvgIpc) is 2.77. The van der Waals surface area contributed by atoms with Gasteiger partial charge < -0.3 is 15.0 Å². The van der Waals surface area contributed by atoms with Gasteiger partial charge in [-0.3, -0.25) is 4.90 Å². The van der Waals surface area contributed by atoms with Gasteiger partial charge in [0.25, 0.3) is 0 Å². The summed E-state index contributed by atoms with van der Waals surface area (Å²) in [4.78, 5) is 26.3. The minimum atomic E-state index is -0.375. The number of hydrogen-bond donors (Lipinski definition) is 1. The van der Waals surface area contributed by atoms with Crippen LogP contribution in [0.2, 0.25) is 0 Å². The minimum absolute atomic E-state index is 0.199. The third kappa shape index (κ3) is 3.20. The number of carbonyl (C=O) groups excluding carboxylic acids is 2. The van der Waals surface area contributed by atoms with Crippen LogP contribution < -0.4 is 10.2 Å². The smallest absolute Gasteiger partial charge is 0.414 e. The number of benzene rings is 1. The molecule has 1 fully saturated rings. The fourth-order valence-electron chi connectivity index (χ4n) is 1.99. The molecule has 1 aliphatic rings. The van der Waals surface area contributed by atoms with Gasteiger partial charge in [0.15, 0.2) is 0 Å². The maximum absolute atomic E-state index is 11.9. The van der Waals surface area contributed by atoms with Crippen LogP contribution in [0.4, 0.5) is 15.3 Å². The summed E-state index contributed by atoms with van der Waals surface area (Å²) in [6.07, 6.45) is -0.702. The molecule has 1 aliphatic heterocycles. The number of anilines is 1. The number of rotatable bonds is 3. The van der Waals surface area contributed by atoms with Gasteiger partial charge in [-0.15, -0.1) is 0 Å². The van der Waals surface area contributed by atoms with Crippen molar-refractivity contribution >= 4 is 17.8 Å². The van der Waals surface area contributed by atoms with Gasteiger partial charge in [0.05, 0.1) is 13.1 Å². The summed E-state index contributed by atoms with van der Waals surface area (Å²) in [6.45, 7) is 2.72. The quantitative estimate of drug-likeness (QED) is 0.912. The first-order valence-corrected chi connectivity index (χ1v) is 6.47. The van der Waals surface area contributed by atoms with Crippen LogP contribution in [0.1, 0.15) is 5.56 Å². The summed E-state index contributed by atoms with van der Waals surface area (Å²) in [5.74, 6) is 0. The predicted octanol–water partition coefficient (Wildman–Crippen LogP) is 1.59. The van der Waals surface area contributed by atoms with Gasteiger partial charge in [-0.05, 0) is 24.6 Å². The molecule has 1 heterocycles. The summed E-state index contributed by atoms with van der Waals surface area (Å²) in [6, 6.07) is 7.48. The summed E-state index contributed by atoms with van der Waals surface area (Å²) in [5.41, 5.74) is 1.90. The van der Waals surface area contributed by atoms with E-state index >= 15 is 0 Å². The Balaban J connectivity index is 1.95. The van der Waals surface area contributed by atoms with Crippen molar-refractivity contribution in [2.24, 2.45) is 0 Å². The van der Waals surface area contributed by atoms with Crippen molar-refractivity contribution < 1.29 is 14.3 Å². The zero-order valence-corrected chi connectivity index (χ0v) is 11.9. The maximum atomic E-state index is 11.9. The Morgan fingerprint density at radius 1 is 1.50 bits per heavy atom. The van der Waals surface area contributed by atoms with Crippen molar-refractivity contribution in [1.29, 1.82) is 0 Å². The second-order valence-corrected chi connectivity index (χ2v) is 5.04. The van der Waals surface area contributed by atoms with E-state index in [1.54, 1.807) is 19.0 Å². The first-order valence-electron chi connectivity index (χ1n) is 6.47. The highest BCUT2D eigenvalue weighted by atomic mass is 16.6. The lowest BCUT2D eigenvalue weighted by atomic mass is 10.2. The Hall–Kier alpha value is -2.24. The second kappa shape index (κ2) is 5.81. The minimum Gasteiger partial charge on any atom is -0.442 e. The maximum Gasteiger partial charge on any atom is 0.414 e. The fraction of sp³-hybridized carbons (Fsp3) is 0.429. The number of ether oxygens (including phenoxy) is 1. The highest BCUT2D eigenvalue weighted by Crippen LogP contribution is 2.22. The van der Waals surface area contributed by atoms with Crippen LogP contribution in [-0.2, 0) is 4.74 Å². The van der Waals surface area contributed by atoms with E-state index in [0.717, 1.165) is 11.3 Å². The molecule has 0 spiro atoms. The third-order valence-corrected chi connectivity index (χ3v) is 3.07. The topological polar surface area (TPSA) is 61.9 Å². The monoisotopic (exact) mass is 277 g/mol. The molecule has 1 aromatic carbocycles. The molecule has 0 radical (unpaired) electrons. The molecule has 1 saturated heterocycles. The molecule has 0 aliphatic carbocycles. The molecule has 6 nitrogen and oxygen atoms in total. The van der Waals surface area contributed by atoms with E-state index in [0.29, 0.717) is 13.1 Å². The molecule has 0 aromatic heterocycles. The van der Waals surface area contributed by atoms with Gasteiger partial charge >= 0.3 is 12.1 Å². The van der Waals surface area contributed by atoms with Crippen LogP contribution in [-0.4, -0.2) is 50.3 Å². The molecule has 20 heavy (non-hydrogen) atoms. The standard InChI is InChI=1S/C14H19N3O3/c1-10-5-4-6-11(7-10)17-9-12(20-14(17)19)8-15-13(18)16(2)3/h4-7,12H,8-9H2,1-3H3,(H,15,18). The largest absolute Gasteiger partial charge is 0.442 e. The lowest BCUT2D eigenvalue weighted by Gasteiger charge is -2.15. The summed E-state index contributed by atoms with van der Waals surface area (Å²) in [7, 11) is 3.32. The van der Waals surface area contributed by atoms with Gasteiger partial charge in [-0.25, -0.2) is 9.59 Å². The van der Waals surface area contributed by atoms with E-state index in [9.17, 15) is 9.59 Å². The number of aryl methyl sites for hydroxylation is 1. The molecule has 108 valence electrons. The fourth-order valence-corrected chi connectivity index (χ4v) is 1.99. The SMILES string of the molecule is Cc1cccc(N2CC(CNC(=O)N(C)C)OC2=O)c1. The summed E-state index contributed by atoms with van der Waals surface area (Å²) < 4.78 is 5.25. The molecule has 6 heteroatoms. The van der Waals surface area contributed by atoms with Crippen molar-refractivity contribution in [3.05, 3.63) is 29.8 Å². The van der Waals surface area contributed by atoms with Crippen molar-refractivity contribution in [1.82, 2.24) is 10.2 Å². The molecule has 0 bridgehead atoms. The first-order chi connectivity index (χ1) is 9.47. The van der Waals surface area contributed by atoms with Crippen LogP contribution in [0, 0.1) is 6.92 Å². The molecular weight excluding hydrogens is 258 g/mol. The summed E-state index contributed by atoms with van der Waals surface area (Å²) >= 11 is 0. The lowest BCUT2D eigenvalue weighted by molar-refractivity contribution is 0.139. The van der Waals surface area contributed by atoms with Gasteiger partial charge in [-0.2, -0.15) is 0 Å². The number of nitrogens with zero attached hydrogens (tertiary/aromatic N) is 2. The van der Waals surface area contributed by atoms with Gasteiger partial charge in [-0.1, -0.05) is 12.1 Å².